The Hall–Kier alpha value is -2.77. The molecule has 8 heteroatoms. The summed E-state index contributed by atoms with van der Waals surface area (Å²) >= 11 is 0. The van der Waals surface area contributed by atoms with E-state index in [0.717, 1.165) is 0 Å². The Balaban J connectivity index is 2.38. The number of rotatable bonds is 6. The van der Waals surface area contributed by atoms with Gasteiger partial charge in [0.1, 0.15) is 0 Å². The molecule has 8 nitrogen and oxygen atoms in total. The third-order valence-corrected chi connectivity index (χ3v) is 2.79. The molecule has 4 N–H and O–H groups in total. The van der Waals surface area contributed by atoms with Gasteiger partial charge in [0.15, 0.2) is 0 Å². The van der Waals surface area contributed by atoms with E-state index in [1.54, 1.807) is 38.1 Å². The second-order valence-corrected chi connectivity index (χ2v) is 5.02. The zero-order valence-corrected chi connectivity index (χ0v) is 13.4. The minimum Gasteiger partial charge on any atom is -0.453 e. The fourth-order valence-electron chi connectivity index (χ4n) is 1.58. The number of methoxy groups -OCH3 is 1. The molecule has 0 saturated carbocycles. The normalized spacial score (nSPS) is 9.91. The monoisotopic (exact) mass is 322 g/mol. The summed E-state index contributed by atoms with van der Waals surface area (Å²) in [5.41, 5.74) is 1.02. The standard InChI is InChI=1S/C15H22N4O4/c1-10(2)13(20)16-7-8-17-14(21)18-11-5-4-6-12(9-11)19-15(22)23-3/h4-6,9-10H,7-8H2,1-3H3,(H,16,20)(H,19,22)(H2,17,18,21). The molecule has 0 bridgehead atoms. The molecular weight excluding hydrogens is 300 g/mol. The van der Waals surface area contributed by atoms with E-state index in [-0.39, 0.29) is 11.8 Å². The van der Waals surface area contributed by atoms with Crippen LogP contribution in [0.1, 0.15) is 13.8 Å². The van der Waals surface area contributed by atoms with Crippen LogP contribution in [-0.2, 0) is 9.53 Å². The highest BCUT2D eigenvalue weighted by Gasteiger charge is 2.06. The molecule has 0 atom stereocenters. The van der Waals surface area contributed by atoms with E-state index < -0.39 is 12.1 Å². The van der Waals surface area contributed by atoms with Gasteiger partial charge >= 0.3 is 12.1 Å². The number of hydrogen-bond donors (Lipinski definition) is 4. The average Bonchev–Trinajstić information content (AvgIpc) is 2.51. The molecule has 0 spiro atoms. The van der Waals surface area contributed by atoms with Gasteiger partial charge in [0.2, 0.25) is 5.91 Å². The third-order valence-electron chi connectivity index (χ3n) is 2.79. The number of nitrogens with one attached hydrogen (secondary N) is 4. The molecule has 0 saturated heterocycles. The van der Waals surface area contributed by atoms with Gasteiger partial charge in [-0.2, -0.15) is 0 Å². The lowest BCUT2D eigenvalue weighted by atomic mass is 10.2. The molecule has 0 fully saturated rings. The van der Waals surface area contributed by atoms with E-state index in [1.807, 2.05) is 0 Å². The largest absolute Gasteiger partial charge is 0.453 e. The molecule has 23 heavy (non-hydrogen) atoms. The van der Waals surface area contributed by atoms with Crippen LogP contribution >= 0.6 is 0 Å². The fourth-order valence-corrected chi connectivity index (χ4v) is 1.58. The predicted molar refractivity (Wildman–Crippen MR) is 87.3 cm³/mol. The van der Waals surface area contributed by atoms with Crippen molar-refractivity contribution in [2.45, 2.75) is 13.8 Å². The highest BCUT2D eigenvalue weighted by molar-refractivity contribution is 5.91. The van der Waals surface area contributed by atoms with E-state index in [4.69, 9.17) is 0 Å². The third kappa shape index (κ3) is 7.16. The summed E-state index contributed by atoms with van der Waals surface area (Å²) in [5.74, 6) is -0.150. The van der Waals surface area contributed by atoms with Gasteiger partial charge in [-0.1, -0.05) is 19.9 Å². The molecule has 0 radical (unpaired) electrons. The zero-order chi connectivity index (χ0) is 17.2. The van der Waals surface area contributed by atoms with Crippen LogP contribution in [0.15, 0.2) is 24.3 Å². The summed E-state index contributed by atoms with van der Waals surface area (Å²) in [6, 6.07) is 6.23. The number of carbonyl (C=O) groups is 3. The summed E-state index contributed by atoms with van der Waals surface area (Å²) in [6.45, 7) is 4.26. The molecule has 0 aliphatic rings. The topological polar surface area (TPSA) is 109 Å². The van der Waals surface area contributed by atoms with Crippen LogP contribution in [-0.4, -0.2) is 38.2 Å². The van der Waals surface area contributed by atoms with Crippen LogP contribution in [0.3, 0.4) is 0 Å². The first-order valence-electron chi connectivity index (χ1n) is 7.20. The number of benzene rings is 1. The summed E-state index contributed by atoms with van der Waals surface area (Å²) < 4.78 is 4.49. The fraction of sp³-hybridized carbons (Fsp3) is 0.400. The van der Waals surface area contributed by atoms with E-state index in [1.165, 1.54) is 7.11 Å². The minimum absolute atomic E-state index is 0.0613. The van der Waals surface area contributed by atoms with Crippen molar-refractivity contribution in [2.75, 3.05) is 30.8 Å². The van der Waals surface area contributed by atoms with Gasteiger partial charge in [0.05, 0.1) is 7.11 Å². The Morgan fingerprint density at radius 2 is 1.65 bits per heavy atom. The zero-order valence-electron chi connectivity index (χ0n) is 13.4. The van der Waals surface area contributed by atoms with Crippen LogP contribution < -0.4 is 21.3 Å². The van der Waals surface area contributed by atoms with Crippen LogP contribution in [0.25, 0.3) is 0 Å². The first-order valence-corrected chi connectivity index (χ1v) is 7.20. The first-order chi connectivity index (χ1) is 10.9. The molecule has 0 aliphatic carbocycles. The van der Waals surface area contributed by atoms with Crippen molar-refractivity contribution >= 4 is 29.4 Å². The summed E-state index contributed by atoms with van der Waals surface area (Å²) in [5, 5.41) is 10.4. The Morgan fingerprint density at radius 1 is 1.04 bits per heavy atom. The van der Waals surface area contributed by atoms with Crippen LogP contribution in [0.5, 0.6) is 0 Å². The molecule has 1 aromatic carbocycles. The number of anilines is 2. The van der Waals surface area contributed by atoms with Crippen LogP contribution in [0, 0.1) is 5.92 Å². The van der Waals surface area contributed by atoms with Crippen molar-refractivity contribution in [2.24, 2.45) is 5.92 Å². The van der Waals surface area contributed by atoms with Crippen molar-refractivity contribution in [1.29, 1.82) is 0 Å². The number of hydrogen-bond acceptors (Lipinski definition) is 4. The van der Waals surface area contributed by atoms with Gasteiger partial charge in [0.25, 0.3) is 0 Å². The highest BCUT2D eigenvalue weighted by atomic mass is 16.5. The van der Waals surface area contributed by atoms with Gasteiger partial charge in [-0.3, -0.25) is 10.1 Å². The van der Waals surface area contributed by atoms with E-state index in [0.29, 0.717) is 24.5 Å². The molecular formula is C15H22N4O4. The smallest absolute Gasteiger partial charge is 0.411 e. The average molecular weight is 322 g/mol. The molecule has 1 rings (SSSR count). The SMILES string of the molecule is COC(=O)Nc1cccc(NC(=O)NCCNC(=O)C(C)C)c1. The molecule has 0 aliphatic heterocycles. The maximum atomic E-state index is 11.7. The first kappa shape index (κ1) is 18.3. The Morgan fingerprint density at radius 3 is 2.26 bits per heavy atom. The molecule has 1 aromatic rings. The summed E-state index contributed by atoms with van der Waals surface area (Å²) in [6.07, 6.45) is -0.590. The maximum Gasteiger partial charge on any atom is 0.411 e. The van der Waals surface area contributed by atoms with E-state index >= 15 is 0 Å². The number of urea groups is 1. The van der Waals surface area contributed by atoms with Crippen molar-refractivity contribution in [3.63, 3.8) is 0 Å². The van der Waals surface area contributed by atoms with E-state index in [2.05, 4.69) is 26.0 Å². The van der Waals surface area contributed by atoms with Crippen LogP contribution in [0.4, 0.5) is 21.0 Å². The second-order valence-electron chi connectivity index (χ2n) is 5.02. The molecule has 0 unspecified atom stereocenters. The molecule has 0 aromatic heterocycles. The number of amides is 4. The van der Waals surface area contributed by atoms with Gasteiger partial charge in [0, 0.05) is 30.4 Å². The quantitative estimate of drug-likeness (QED) is 0.598. The van der Waals surface area contributed by atoms with E-state index in [9.17, 15) is 14.4 Å². The summed E-state index contributed by atoms with van der Waals surface area (Å²) in [4.78, 5) is 34.2. The van der Waals surface area contributed by atoms with Crippen molar-refractivity contribution < 1.29 is 19.1 Å². The van der Waals surface area contributed by atoms with Gasteiger partial charge in [-0.25, -0.2) is 9.59 Å². The molecule has 126 valence electrons. The Kier molecular flexibility index (Phi) is 7.38. The Labute approximate surface area is 135 Å². The lowest BCUT2D eigenvalue weighted by molar-refractivity contribution is -0.123. The van der Waals surface area contributed by atoms with Gasteiger partial charge in [-0.15, -0.1) is 0 Å². The number of carbonyl (C=O) groups excluding carboxylic acids is 3. The Bertz CT molecular complexity index is 560. The highest BCUT2D eigenvalue weighted by Crippen LogP contribution is 2.15. The maximum absolute atomic E-state index is 11.7. The number of ether oxygens (including phenoxy) is 1. The summed E-state index contributed by atoms with van der Waals surface area (Å²) in [7, 11) is 1.27. The lowest BCUT2D eigenvalue weighted by Crippen LogP contribution is -2.38. The van der Waals surface area contributed by atoms with Crippen molar-refractivity contribution in [3.8, 4) is 0 Å². The van der Waals surface area contributed by atoms with Crippen LogP contribution in [0.2, 0.25) is 0 Å². The minimum atomic E-state index is -0.590. The van der Waals surface area contributed by atoms with Crippen molar-refractivity contribution in [1.82, 2.24) is 10.6 Å². The predicted octanol–water partition coefficient (Wildman–Crippen LogP) is 1.76. The molecule has 0 heterocycles. The lowest BCUT2D eigenvalue weighted by Gasteiger charge is -2.10. The van der Waals surface area contributed by atoms with Crippen molar-refractivity contribution in [3.05, 3.63) is 24.3 Å². The van der Waals surface area contributed by atoms with Gasteiger partial charge in [-0.05, 0) is 18.2 Å². The van der Waals surface area contributed by atoms with Gasteiger partial charge < -0.3 is 20.7 Å². The molecule has 4 amide bonds. The second kappa shape index (κ2) is 9.29.